The van der Waals surface area contributed by atoms with Crippen LogP contribution in [0.25, 0.3) is 0 Å². The molecule has 1 aromatic rings. The summed E-state index contributed by atoms with van der Waals surface area (Å²) in [6.07, 6.45) is 13.0. The zero-order valence-electron chi connectivity index (χ0n) is 11.5. The van der Waals surface area contributed by atoms with Crippen molar-refractivity contribution in [1.82, 2.24) is 14.9 Å². The van der Waals surface area contributed by atoms with Gasteiger partial charge in [0.25, 0.3) is 0 Å². The molecule has 1 aliphatic carbocycles. The van der Waals surface area contributed by atoms with E-state index >= 15 is 0 Å². The van der Waals surface area contributed by atoms with Gasteiger partial charge < -0.3 is 9.88 Å². The molecule has 0 saturated heterocycles. The molecule has 0 bridgehead atoms. The van der Waals surface area contributed by atoms with Gasteiger partial charge in [-0.05, 0) is 18.8 Å². The quantitative estimate of drug-likeness (QED) is 0.904. The molecule has 1 unspecified atom stereocenters. The van der Waals surface area contributed by atoms with Gasteiger partial charge in [-0.25, -0.2) is 4.98 Å². The van der Waals surface area contributed by atoms with Crippen molar-refractivity contribution in [3.63, 3.8) is 0 Å². The first-order chi connectivity index (χ1) is 9.31. The van der Waals surface area contributed by atoms with Gasteiger partial charge in [0, 0.05) is 37.8 Å². The molecule has 2 aliphatic rings. The Kier molecular flexibility index (Phi) is 3.85. The Hall–Kier alpha value is -1.32. The minimum atomic E-state index is 0.237. The monoisotopic (exact) mass is 261 g/mol. The average molecular weight is 261 g/mol. The number of rotatable bonds is 4. The van der Waals surface area contributed by atoms with E-state index in [4.69, 9.17) is 0 Å². The zero-order chi connectivity index (χ0) is 13.1. The lowest BCUT2D eigenvalue weighted by molar-refractivity contribution is -0.122. The van der Waals surface area contributed by atoms with Crippen LogP contribution in [-0.4, -0.2) is 21.5 Å². The van der Waals surface area contributed by atoms with Crippen molar-refractivity contribution in [3.8, 4) is 0 Å². The van der Waals surface area contributed by atoms with Gasteiger partial charge in [0.05, 0.1) is 0 Å². The van der Waals surface area contributed by atoms with Crippen LogP contribution in [0.5, 0.6) is 0 Å². The number of fused-ring (bicyclic) bond motifs is 1. The average Bonchev–Trinajstić information content (AvgIpc) is 3.07. The largest absolute Gasteiger partial charge is 0.352 e. The van der Waals surface area contributed by atoms with Crippen LogP contribution in [0.2, 0.25) is 0 Å². The van der Waals surface area contributed by atoms with Crippen molar-refractivity contribution in [2.75, 3.05) is 0 Å². The SMILES string of the molecule is O=C(CCC1CCCC1)NC1CCc2nccn2C1. The highest BCUT2D eigenvalue weighted by Gasteiger charge is 2.21. The van der Waals surface area contributed by atoms with Crippen LogP contribution in [0.3, 0.4) is 0 Å². The van der Waals surface area contributed by atoms with E-state index in [1.165, 1.54) is 25.7 Å². The molecule has 3 rings (SSSR count). The van der Waals surface area contributed by atoms with Crippen molar-refractivity contribution < 1.29 is 4.79 Å². The lowest BCUT2D eigenvalue weighted by atomic mass is 10.0. The predicted molar refractivity (Wildman–Crippen MR) is 73.7 cm³/mol. The van der Waals surface area contributed by atoms with Gasteiger partial charge in [-0.15, -0.1) is 0 Å². The lowest BCUT2D eigenvalue weighted by Gasteiger charge is -2.25. The Bertz CT molecular complexity index is 434. The van der Waals surface area contributed by atoms with E-state index in [0.717, 1.165) is 37.5 Å². The highest BCUT2D eigenvalue weighted by molar-refractivity contribution is 5.76. The van der Waals surface area contributed by atoms with Gasteiger partial charge >= 0.3 is 0 Å². The van der Waals surface area contributed by atoms with Crippen LogP contribution in [0.4, 0.5) is 0 Å². The van der Waals surface area contributed by atoms with Crippen molar-refractivity contribution in [1.29, 1.82) is 0 Å². The number of imidazole rings is 1. The molecule has 1 atom stereocenters. The number of carbonyl (C=O) groups is 1. The number of aromatic nitrogens is 2. The number of carbonyl (C=O) groups excluding carboxylic acids is 1. The van der Waals surface area contributed by atoms with E-state index in [2.05, 4.69) is 14.9 Å². The van der Waals surface area contributed by atoms with Crippen LogP contribution in [0.1, 0.15) is 50.8 Å². The van der Waals surface area contributed by atoms with E-state index in [1.807, 2.05) is 12.4 Å². The summed E-state index contributed by atoms with van der Waals surface area (Å²) in [6.45, 7) is 0.879. The van der Waals surface area contributed by atoms with Crippen LogP contribution in [-0.2, 0) is 17.8 Å². The number of hydrogen-bond donors (Lipinski definition) is 1. The Balaban J connectivity index is 1.42. The Labute approximate surface area is 114 Å². The third-order valence-corrected chi connectivity index (χ3v) is 4.55. The molecule has 19 heavy (non-hydrogen) atoms. The van der Waals surface area contributed by atoms with Crippen molar-refractivity contribution in [2.45, 2.75) is 64.0 Å². The summed E-state index contributed by atoms with van der Waals surface area (Å²) in [5.74, 6) is 2.19. The second kappa shape index (κ2) is 5.76. The molecule has 0 aromatic carbocycles. The molecule has 1 saturated carbocycles. The number of aryl methyl sites for hydroxylation is 1. The first-order valence-electron chi connectivity index (χ1n) is 7.60. The van der Waals surface area contributed by atoms with Gasteiger partial charge in [-0.1, -0.05) is 25.7 Å². The van der Waals surface area contributed by atoms with Crippen LogP contribution in [0, 0.1) is 5.92 Å². The first kappa shape index (κ1) is 12.7. The number of nitrogens with one attached hydrogen (secondary N) is 1. The maximum absolute atomic E-state index is 12.0. The van der Waals surface area contributed by atoms with Crippen molar-refractivity contribution in [3.05, 3.63) is 18.2 Å². The molecule has 0 spiro atoms. The third-order valence-electron chi connectivity index (χ3n) is 4.55. The van der Waals surface area contributed by atoms with Crippen LogP contribution in [0.15, 0.2) is 12.4 Å². The van der Waals surface area contributed by atoms with Crippen molar-refractivity contribution >= 4 is 5.91 Å². The van der Waals surface area contributed by atoms with E-state index in [9.17, 15) is 4.79 Å². The number of amides is 1. The summed E-state index contributed by atoms with van der Waals surface area (Å²) in [5.41, 5.74) is 0. The fraction of sp³-hybridized carbons (Fsp3) is 0.733. The minimum absolute atomic E-state index is 0.237. The van der Waals surface area contributed by atoms with E-state index in [-0.39, 0.29) is 11.9 Å². The molecule has 4 nitrogen and oxygen atoms in total. The summed E-state index contributed by atoms with van der Waals surface area (Å²) in [5, 5.41) is 3.19. The summed E-state index contributed by atoms with van der Waals surface area (Å²) >= 11 is 0. The second-order valence-electron chi connectivity index (χ2n) is 5.99. The smallest absolute Gasteiger partial charge is 0.220 e. The van der Waals surface area contributed by atoms with Gasteiger partial charge in [0.2, 0.25) is 5.91 Å². The molecule has 1 N–H and O–H groups in total. The third kappa shape index (κ3) is 3.17. The standard InChI is InChI=1S/C15H23N3O/c19-15(8-5-12-3-1-2-4-12)17-13-6-7-14-16-9-10-18(14)11-13/h9-10,12-13H,1-8,11H2,(H,17,19). The molecular weight excluding hydrogens is 238 g/mol. The van der Waals surface area contributed by atoms with Gasteiger partial charge in [0.15, 0.2) is 0 Å². The fourth-order valence-corrected chi connectivity index (χ4v) is 3.42. The molecule has 1 aliphatic heterocycles. The molecule has 4 heteroatoms. The topological polar surface area (TPSA) is 46.9 Å². The van der Waals surface area contributed by atoms with Crippen LogP contribution < -0.4 is 5.32 Å². The Morgan fingerprint density at radius 2 is 2.21 bits per heavy atom. The Morgan fingerprint density at radius 1 is 1.37 bits per heavy atom. The van der Waals surface area contributed by atoms with Gasteiger partial charge in [0.1, 0.15) is 5.82 Å². The predicted octanol–water partition coefficient (Wildman–Crippen LogP) is 2.28. The van der Waals surface area contributed by atoms with Gasteiger partial charge in [-0.3, -0.25) is 4.79 Å². The maximum atomic E-state index is 12.0. The fourth-order valence-electron chi connectivity index (χ4n) is 3.42. The maximum Gasteiger partial charge on any atom is 0.220 e. The zero-order valence-corrected chi connectivity index (χ0v) is 11.5. The minimum Gasteiger partial charge on any atom is -0.352 e. The second-order valence-corrected chi connectivity index (χ2v) is 5.99. The van der Waals surface area contributed by atoms with E-state index < -0.39 is 0 Å². The first-order valence-corrected chi connectivity index (χ1v) is 7.60. The molecule has 2 heterocycles. The van der Waals surface area contributed by atoms with E-state index in [0.29, 0.717) is 6.42 Å². The molecule has 1 amide bonds. The molecule has 1 fully saturated rings. The summed E-state index contributed by atoms with van der Waals surface area (Å²) in [4.78, 5) is 16.3. The molecule has 104 valence electrons. The summed E-state index contributed by atoms with van der Waals surface area (Å²) in [7, 11) is 0. The normalized spacial score (nSPS) is 23.3. The highest BCUT2D eigenvalue weighted by atomic mass is 16.1. The highest BCUT2D eigenvalue weighted by Crippen LogP contribution is 2.28. The number of nitrogens with zero attached hydrogens (tertiary/aromatic N) is 2. The van der Waals surface area contributed by atoms with Crippen molar-refractivity contribution in [2.24, 2.45) is 5.92 Å². The lowest BCUT2D eigenvalue weighted by Crippen LogP contribution is -2.40. The number of hydrogen-bond acceptors (Lipinski definition) is 2. The molecular formula is C15H23N3O. The van der Waals surface area contributed by atoms with E-state index in [1.54, 1.807) is 0 Å². The van der Waals surface area contributed by atoms with Gasteiger partial charge in [-0.2, -0.15) is 0 Å². The summed E-state index contributed by atoms with van der Waals surface area (Å²) in [6, 6.07) is 0.290. The molecule has 0 radical (unpaired) electrons. The molecule has 1 aromatic heterocycles. The van der Waals surface area contributed by atoms with Crippen LogP contribution >= 0.6 is 0 Å². The Morgan fingerprint density at radius 3 is 3.05 bits per heavy atom. The summed E-state index contributed by atoms with van der Waals surface area (Å²) < 4.78 is 2.16.